The van der Waals surface area contributed by atoms with Crippen LogP contribution in [0.3, 0.4) is 0 Å². The van der Waals surface area contributed by atoms with E-state index in [0.29, 0.717) is 12.8 Å². The van der Waals surface area contributed by atoms with Crippen LogP contribution in [0.5, 0.6) is 0 Å². The maximum Gasteiger partial charge on any atom is 0.326 e. The minimum absolute atomic E-state index is 0.184. The number of amides is 1. The van der Waals surface area contributed by atoms with Gasteiger partial charge in [-0.1, -0.05) is 30.3 Å². The molecule has 1 aromatic carbocycles. The maximum atomic E-state index is 12.2. The van der Waals surface area contributed by atoms with Crippen molar-refractivity contribution in [1.82, 2.24) is 9.88 Å². The maximum absolute atomic E-state index is 12.2. The smallest absolute Gasteiger partial charge is 0.326 e. The number of aryl methyl sites for hydroxylation is 1. The van der Waals surface area contributed by atoms with E-state index in [0.717, 1.165) is 11.3 Å². The van der Waals surface area contributed by atoms with Gasteiger partial charge in [0.2, 0.25) is 5.91 Å². The van der Waals surface area contributed by atoms with E-state index in [2.05, 4.69) is 4.98 Å². The second-order valence-electron chi connectivity index (χ2n) is 5.03. The molecule has 1 heterocycles. The van der Waals surface area contributed by atoms with Gasteiger partial charge in [-0.25, -0.2) is 9.78 Å². The van der Waals surface area contributed by atoms with Crippen LogP contribution in [-0.2, 0) is 22.4 Å². The number of carbonyl (C=O) groups excluding carboxylic acids is 1. The van der Waals surface area contributed by atoms with E-state index < -0.39 is 12.0 Å². The number of thiazole rings is 1. The van der Waals surface area contributed by atoms with Crippen LogP contribution in [0, 0.1) is 0 Å². The third-order valence-electron chi connectivity index (χ3n) is 3.50. The van der Waals surface area contributed by atoms with Gasteiger partial charge in [0.05, 0.1) is 11.2 Å². The summed E-state index contributed by atoms with van der Waals surface area (Å²) >= 11 is 1.48. The Morgan fingerprint density at radius 2 is 2.05 bits per heavy atom. The van der Waals surface area contributed by atoms with E-state index in [-0.39, 0.29) is 12.3 Å². The highest BCUT2D eigenvalue weighted by Crippen LogP contribution is 2.11. The van der Waals surface area contributed by atoms with Gasteiger partial charge in [0.25, 0.3) is 0 Å². The summed E-state index contributed by atoms with van der Waals surface area (Å²) in [6.45, 7) is 0. The van der Waals surface area contributed by atoms with Crippen molar-refractivity contribution in [2.24, 2.45) is 0 Å². The van der Waals surface area contributed by atoms with Gasteiger partial charge in [-0.3, -0.25) is 4.79 Å². The number of carbonyl (C=O) groups is 2. The quantitative estimate of drug-likeness (QED) is 0.850. The summed E-state index contributed by atoms with van der Waals surface area (Å²) in [5.74, 6) is -1.18. The van der Waals surface area contributed by atoms with Crippen molar-refractivity contribution in [2.75, 3.05) is 7.05 Å². The number of benzene rings is 1. The Labute approximate surface area is 133 Å². The summed E-state index contributed by atoms with van der Waals surface area (Å²) in [4.78, 5) is 29.1. The van der Waals surface area contributed by atoms with Crippen molar-refractivity contribution in [1.29, 1.82) is 0 Å². The highest BCUT2D eigenvalue weighted by atomic mass is 32.1. The van der Waals surface area contributed by atoms with Gasteiger partial charge in [-0.15, -0.1) is 11.3 Å². The van der Waals surface area contributed by atoms with Crippen molar-refractivity contribution in [3.05, 3.63) is 52.5 Å². The number of carboxylic acid groups (broad SMARTS) is 1. The molecule has 0 aliphatic rings. The largest absolute Gasteiger partial charge is 0.480 e. The van der Waals surface area contributed by atoms with Crippen LogP contribution in [-0.4, -0.2) is 40.0 Å². The molecule has 1 N–H and O–H groups in total. The van der Waals surface area contributed by atoms with E-state index in [1.807, 2.05) is 35.7 Å². The summed E-state index contributed by atoms with van der Waals surface area (Å²) in [5, 5.41) is 11.3. The lowest BCUT2D eigenvalue weighted by Gasteiger charge is -2.25. The standard InChI is InChI=1S/C16H18N2O3S/c1-18(15(19)8-7-13-10-22-11-17-13)14(16(20)21)9-12-5-3-2-4-6-12/h2-6,10-11,14H,7-9H2,1H3,(H,20,21). The molecule has 116 valence electrons. The third kappa shape index (κ3) is 4.39. The molecular weight excluding hydrogens is 300 g/mol. The summed E-state index contributed by atoms with van der Waals surface area (Å²) in [5.41, 5.74) is 3.48. The first-order chi connectivity index (χ1) is 10.6. The van der Waals surface area contributed by atoms with E-state index in [9.17, 15) is 14.7 Å². The van der Waals surface area contributed by atoms with Crippen LogP contribution in [0.4, 0.5) is 0 Å². The molecule has 1 atom stereocenters. The van der Waals surface area contributed by atoms with Gasteiger partial charge in [0, 0.05) is 25.3 Å². The van der Waals surface area contributed by atoms with Crippen LogP contribution in [0.15, 0.2) is 41.2 Å². The van der Waals surface area contributed by atoms with E-state index in [1.54, 1.807) is 12.6 Å². The van der Waals surface area contributed by atoms with Gasteiger partial charge in [-0.05, 0) is 12.0 Å². The molecule has 5 nitrogen and oxygen atoms in total. The van der Waals surface area contributed by atoms with Gasteiger partial charge in [0.15, 0.2) is 0 Å². The minimum atomic E-state index is -0.992. The molecule has 0 aliphatic carbocycles. The fraction of sp³-hybridized carbons (Fsp3) is 0.312. The molecule has 0 fully saturated rings. The number of hydrogen-bond donors (Lipinski definition) is 1. The fourth-order valence-corrected chi connectivity index (χ4v) is 2.77. The van der Waals surface area contributed by atoms with Crippen LogP contribution in [0.25, 0.3) is 0 Å². The monoisotopic (exact) mass is 318 g/mol. The average molecular weight is 318 g/mol. The van der Waals surface area contributed by atoms with Gasteiger partial charge >= 0.3 is 5.97 Å². The molecule has 0 aliphatic heterocycles. The molecule has 6 heteroatoms. The van der Waals surface area contributed by atoms with Crippen molar-refractivity contribution < 1.29 is 14.7 Å². The first kappa shape index (κ1) is 16.2. The number of aromatic nitrogens is 1. The topological polar surface area (TPSA) is 70.5 Å². The van der Waals surface area contributed by atoms with Crippen LogP contribution < -0.4 is 0 Å². The number of hydrogen-bond acceptors (Lipinski definition) is 4. The Hall–Kier alpha value is -2.21. The molecule has 0 saturated carbocycles. The first-order valence-electron chi connectivity index (χ1n) is 6.97. The Morgan fingerprint density at radius 3 is 2.64 bits per heavy atom. The van der Waals surface area contributed by atoms with Gasteiger partial charge < -0.3 is 10.0 Å². The molecule has 1 aromatic heterocycles. The molecule has 0 radical (unpaired) electrons. The van der Waals surface area contributed by atoms with Gasteiger partial charge in [-0.2, -0.15) is 0 Å². The van der Waals surface area contributed by atoms with Crippen molar-refractivity contribution >= 4 is 23.2 Å². The molecule has 0 bridgehead atoms. The van der Waals surface area contributed by atoms with Crippen LogP contribution in [0.2, 0.25) is 0 Å². The second kappa shape index (κ2) is 7.70. The number of aliphatic carboxylic acids is 1. The zero-order chi connectivity index (χ0) is 15.9. The van der Waals surface area contributed by atoms with Crippen molar-refractivity contribution in [3.8, 4) is 0 Å². The second-order valence-corrected chi connectivity index (χ2v) is 5.75. The first-order valence-corrected chi connectivity index (χ1v) is 7.91. The van der Waals surface area contributed by atoms with E-state index in [4.69, 9.17) is 0 Å². The normalized spacial score (nSPS) is 11.9. The molecule has 0 saturated heterocycles. The average Bonchev–Trinajstić information content (AvgIpc) is 3.03. The highest BCUT2D eigenvalue weighted by molar-refractivity contribution is 7.07. The van der Waals surface area contributed by atoms with Crippen LogP contribution in [0.1, 0.15) is 17.7 Å². The van der Waals surface area contributed by atoms with Crippen molar-refractivity contribution in [3.63, 3.8) is 0 Å². The number of carboxylic acids is 1. The Kier molecular flexibility index (Phi) is 5.66. The summed E-state index contributed by atoms with van der Waals surface area (Å²) in [6.07, 6.45) is 1.10. The number of likely N-dealkylation sites (N-methyl/N-ethyl adjacent to an activating group) is 1. The Balaban J connectivity index is 1.97. The number of rotatable bonds is 7. The molecule has 2 rings (SSSR count). The van der Waals surface area contributed by atoms with Gasteiger partial charge in [0.1, 0.15) is 6.04 Å². The molecule has 22 heavy (non-hydrogen) atoms. The SMILES string of the molecule is CN(C(=O)CCc1cscn1)C(Cc1ccccc1)C(=O)O. The Morgan fingerprint density at radius 1 is 1.32 bits per heavy atom. The molecule has 2 aromatic rings. The van der Waals surface area contributed by atoms with E-state index >= 15 is 0 Å². The molecular formula is C16H18N2O3S. The predicted octanol–water partition coefficient (Wildman–Crippen LogP) is 2.23. The third-order valence-corrected chi connectivity index (χ3v) is 4.13. The minimum Gasteiger partial charge on any atom is -0.480 e. The molecule has 0 spiro atoms. The van der Waals surface area contributed by atoms with E-state index in [1.165, 1.54) is 16.2 Å². The lowest BCUT2D eigenvalue weighted by atomic mass is 10.0. The summed E-state index contributed by atoms with van der Waals surface area (Å²) in [7, 11) is 1.55. The summed E-state index contributed by atoms with van der Waals surface area (Å²) < 4.78 is 0. The van der Waals surface area contributed by atoms with Crippen LogP contribution >= 0.6 is 11.3 Å². The Bertz CT molecular complexity index is 614. The summed E-state index contributed by atoms with van der Waals surface area (Å²) in [6, 6.07) is 8.47. The highest BCUT2D eigenvalue weighted by Gasteiger charge is 2.26. The van der Waals surface area contributed by atoms with Crippen molar-refractivity contribution in [2.45, 2.75) is 25.3 Å². The molecule has 1 amide bonds. The lowest BCUT2D eigenvalue weighted by Crippen LogP contribution is -2.43. The lowest BCUT2D eigenvalue weighted by molar-refractivity contribution is -0.149. The molecule has 1 unspecified atom stereocenters. The number of nitrogens with zero attached hydrogens (tertiary/aromatic N) is 2. The fourth-order valence-electron chi connectivity index (χ4n) is 2.17. The zero-order valence-corrected chi connectivity index (χ0v) is 13.1. The zero-order valence-electron chi connectivity index (χ0n) is 12.3. The predicted molar refractivity (Wildman–Crippen MR) is 84.8 cm³/mol.